The summed E-state index contributed by atoms with van der Waals surface area (Å²) >= 11 is 0. The smallest absolute Gasteiger partial charge is 0.145 e. The lowest BCUT2D eigenvalue weighted by molar-refractivity contribution is -0.00885. The third kappa shape index (κ3) is 4.03. The average molecular weight is 290 g/mol. The maximum absolute atomic E-state index is 13.9. The summed E-state index contributed by atoms with van der Waals surface area (Å²) < 4.78 is 13.9. The molecule has 2 rings (SSSR count). The molecule has 0 unspecified atom stereocenters. The number of nitriles is 1. The Labute approximate surface area is 125 Å². The Kier molecular flexibility index (Phi) is 5.33. The summed E-state index contributed by atoms with van der Waals surface area (Å²) in [4.78, 5) is 0. The molecule has 114 valence electrons. The first kappa shape index (κ1) is 15.9. The molecule has 3 nitrogen and oxygen atoms in total. The van der Waals surface area contributed by atoms with Gasteiger partial charge in [0.25, 0.3) is 0 Å². The maximum atomic E-state index is 13.9. The van der Waals surface area contributed by atoms with E-state index >= 15 is 0 Å². The Hall–Kier alpha value is -1.44. The molecule has 0 amide bonds. The molecule has 4 heteroatoms. The highest BCUT2D eigenvalue weighted by molar-refractivity contribution is 5.34. The number of benzene rings is 1. The first-order chi connectivity index (χ1) is 10.1. The monoisotopic (exact) mass is 290 g/mol. The van der Waals surface area contributed by atoms with E-state index in [1.54, 1.807) is 12.1 Å². The topological polar surface area (TPSA) is 56.0 Å². The van der Waals surface area contributed by atoms with Gasteiger partial charge in [0.15, 0.2) is 0 Å². The van der Waals surface area contributed by atoms with Crippen molar-refractivity contribution in [3.63, 3.8) is 0 Å². The van der Waals surface area contributed by atoms with Crippen molar-refractivity contribution < 1.29 is 9.50 Å². The molecular weight excluding hydrogens is 267 g/mol. The molecule has 1 aliphatic rings. The van der Waals surface area contributed by atoms with Crippen molar-refractivity contribution in [1.29, 1.82) is 5.26 Å². The van der Waals surface area contributed by atoms with Crippen molar-refractivity contribution in [2.75, 3.05) is 6.54 Å². The lowest BCUT2D eigenvalue weighted by atomic mass is 9.78. The molecule has 0 bridgehead atoms. The number of rotatable bonds is 5. The first-order valence-electron chi connectivity index (χ1n) is 7.68. The minimum atomic E-state index is -0.672. The second-order valence-electron chi connectivity index (χ2n) is 6.07. The van der Waals surface area contributed by atoms with Gasteiger partial charge in [-0.3, -0.25) is 0 Å². The van der Waals surface area contributed by atoms with E-state index in [9.17, 15) is 9.50 Å². The SMILES string of the molecule is CCC1CCC(O)(CNCc2cccc(C#N)c2F)CC1. The number of hydrogen-bond acceptors (Lipinski definition) is 3. The second-order valence-corrected chi connectivity index (χ2v) is 6.07. The van der Waals surface area contributed by atoms with Gasteiger partial charge in [-0.05, 0) is 37.7 Å². The summed E-state index contributed by atoms with van der Waals surface area (Å²) in [5.74, 6) is 0.268. The quantitative estimate of drug-likeness (QED) is 0.876. The lowest BCUT2D eigenvalue weighted by Crippen LogP contribution is -2.43. The van der Waals surface area contributed by atoms with E-state index in [4.69, 9.17) is 5.26 Å². The largest absolute Gasteiger partial charge is 0.389 e. The van der Waals surface area contributed by atoms with Gasteiger partial charge < -0.3 is 10.4 Å². The summed E-state index contributed by atoms with van der Waals surface area (Å²) in [6.07, 6.45) is 4.91. The highest BCUT2D eigenvalue weighted by Gasteiger charge is 2.32. The molecular formula is C17H23FN2O. The van der Waals surface area contributed by atoms with Gasteiger partial charge in [-0.1, -0.05) is 25.5 Å². The van der Waals surface area contributed by atoms with E-state index < -0.39 is 11.4 Å². The number of halogens is 1. The molecule has 1 aromatic rings. The molecule has 21 heavy (non-hydrogen) atoms. The van der Waals surface area contributed by atoms with Crippen molar-refractivity contribution in [2.24, 2.45) is 5.92 Å². The Balaban J connectivity index is 1.86. The number of nitrogens with one attached hydrogen (secondary N) is 1. The van der Waals surface area contributed by atoms with E-state index in [1.165, 1.54) is 12.5 Å². The van der Waals surface area contributed by atoms with Gasteiger partial charge in [0, 0.05) is 18.7 Å². The molecule has 0 radical (unpaired) electrons. The van der Waals surface area contributed by atoms with Gasteiger partial charge in [0.1, 0.15) is 11.9 Å². The number of nitrogens with zero attached hydrogens (tertiary/aromatic N) is 1. The highest BCUT2D eigenvalue weighted by Crippen LogP contribution is 2.33. The Bertz CT molecular complexity index is 516. The maximum Gasteiger partial charge on any atom is 0.145 e. The third-order valence-electron chi connectivity index (χ3n) is 4.58. The molecule has 1 aliphatic carbocycles. The normalized spacial score (nSPS) is 25.5. The van der Waals surface area contributed by atoms with Crippen LogP contribution in [0.2, 0.25) is 0 Å². The zero-order valence-electron chi connectivity index (χ0n) is 12.5. The Morgan fingerprint density at radius 3 is 2.76 bits per heavy atom. The molecule has 2 N–H and O–H groups in total. The van der Waals surface area contributed by atoms with Gasteiger partial charge >= 0.3 is 0 Å². The van der Waals surface area contributed by atoms with Crippen LogP contribution in [0.15, 0.2) is 18.2 Å². The van der Waals surface area contributed by atoms with Crippen molar-refractivity contribution in [2.45, 2.75) is 51.2 Å². The van der Waals surface area contributed by atoms with Crippen LogP contribution in [0, 0.1) is 23.1 Å². The van der Waals surface area contributed by atoms with Gasteiger partial charge in [-0.25, -0.2) is 4.39 Å². The molecule has 0 aliphatic heterocycles. The van der Waals surface area contributed by atoms with Crippen LogP contribution in [0.4, 0.5) is 4.39 Å². The van der Waals surface area contributed by atoms with Crippen LogP contribution in [-0.4, -0.2) is 17.3 Å². The fraction of sp³-hybridized carbons (Fsp3) is 0.588. The van der Waals surface area contributed by atoms with Crippen LogP contribution in [0.5, 0.6) is 0 Å². The first-order valence-corrected chi connectivity index (χ1v) is 7.68. The van der Waals surface area contributed by atoms with E-state index in [2.05, 4.69) is 12.2 Å². The second kappa shape index (κ2) is 7.02. The zero-order valence-corrected chi connectivity index (χ0v) is 12.5. The van der Waals surface area contributed by atoms with E-state index in [0.717, 1.165) is 31.6 Å². The molecule has 0 atom stereocenters. The Morgan fingerprint density at radius 1 is 1.43 bits per heavy atom. The minimum absolute atomic E-state index is 0.0662. The summed E-state index contributed by atoms with van der Waals surface area (Å²) in [5.41, 5.74) is -0.133. The summed E-state index contributed by atoms with van der Waals surface area (Å²) in [7, 11) is 0. The molecule has 1 fully saturated rings. The van der Waals surface area contributed by atoms with Crippen LogP contribution >= 0.6 is 0 Å². The van der Waals surface area contributed by atoms with Gasteiger partial charge in [0.2, 0.25) is 0 Å². The third-order valence-corrected chi connectivity index (χ3v) is 4.58. The van der Waals surface area contributed by atoms with Crippen LogP contribution in [0.25, 0.3) is 0 Å². The fourth-order valence-corrected chi connectivity index (χ4v) is 3.03. The van der Waals surface area contributed by atoms with Gasteiger partial charge in [-0.15, -0.1) is 0 Å². The molecule has 0 saturated heterocycles. The summed E-state index contributed by atoms with van der Waals surface area (Å²) in [6.45, 7) is 3.00. The Morgan fingerprint density at radius 2 is 2.14 bits per heavy atom. The minimum Gasteiger partial charge on any atom is -0.389 e. The van der Waals surface area contributed by atoms with Gasteiger partial charge in [0.05, 0.1) is 11.2 Å². The zero-order chi connectivity index (χ0) is 15.3. The van der Waals surface area contributed by atoms with Crippen molar-refractivity contribution in [1.82, 2.24) is 5.32 Å². The van der Waals surface area contributed by atoms with E-state index in [1.807, 2.05) is 6.07 Å². The number of hydrogen-bond donors (Lipinski definition) is 2. The van der Waals surface area contributed by atoms with Crippen LogP contribution in [0.1, 0.15) is 50.2 Å². The molecule has 0 heterocycles. The lowest BCUT2D eigenvalue weighted by Gasteiger charge is -2.36. The van der Waals surface area contributed by atoms with Crippen LogP contribution in [0.3, 0.4) is 0 Å². The standard InChI is InChI=1S/C17H23FN2O/c1-2-13-6-8-17(21,9-7-13)12-20-11-15-5-3-4-14(10-19)16(15)18/h3-5,13,20-21H,2,6-9,11-12H2,1H3. The fourth-order valence-electron chi connectivity index (χ4n) is 3.03. The van der Waals surface area contributed by atoms with Gasteiger partial charge in [-0.2, -0.15) is 5.26 Å². The van der Waals surface area contributed by atoms with Crippen molar-refractivity contribution in [3.8, 4) is 6.07 Å². The summed E-state index contributed by atoms with van der Waals surface area (Å²) in [5, 5.41) is 22.5. The average Bonchev–Trinajstić information content (AvgIpc) is 2.50. The van der Waals surface area contributed by atoms with E-state index in [0.29, 0.717) is 18.7 Å². The predicted molar refractivity (Wildman–Crippen MR) is 80.0 cm³/mol. The molecule has 0 spiro atoms. The highest BCUT2D eigenvalue weighted by atomic mass is 19.1. The predicted octanol–water partition coefficient (Wildman–Crippen LogP) is 3.12. The van der Waals surface area contributed by atoms with E-state index in [-0.39, 0.29) is 5.56 Å². The summed E-state index contributed by atoms with van der Waals surface area (Å²) in [6, 6.07) is 6.66. The molecule has 0 aromatic heterocycles. The molecule has 1 aromatic carbocycles. The van der Waals surface area contributed by atoms with Crippen LogP contribution < -0.4 is 5.32 Å². The van der Waals surface area contributed by atoms with Crippen molar-refractivity contribution >= 4 is 0 Å². The van der Waals surface area contributed by atoms with Crippen LogP contribution in [-0.2, 0) is 6.54 Å². The number of aliphatic hydroxyl groups is 1. The molecule has 1 saturated carbocycles. The van der Waals surface area contributed by atoms with Crippen molar-refractivity contribution in [3.05, 3.63) is 35.1 Å².